The molecule has 0 aromatic heterocycles. The fourth-order valence-electron chi connectivity index (χ4n) is 11.7. The summed E-state index contributed by atoms with van der Waals surface area (Å²) < 4.78 is 6.14. The average Bonchev–Trinajstić information content (AvgIpc) is 3.44. The van der Waals surface area contributed by atoms with Gasteiger partial charge in [-0.3, -0.25) is 4.79 Å². The summed E-state index contributed by atoms with van der Waals surface area (Å²) in [7, 11) is 0. The third kappa shape index (κ3) is 11.2. The number of carbonyl (C=O) groups excluding carboxylic acids is 1. The normalized spacial score (nSPS) is 31.5. The van der Waals surface area contributed by atoms with Crippen LogP contribution in [-0.4, -0.2) is 12.1 Å². The van der Waals surface area contributed by atoms with Crippen molar-refractivity contribution in [3.63, 3.8) is 0 Å². The Morgan fingerprint density at radius 2 is 1.37 bits per heavy atom. The standard InChI is InChI=1S/C47H82O2/c1-8-9-10-11-12-13-14-15-16-17-18-19-20-21-22-23-24-45(48)49-40-31-33-46(6)39(35-40)27-28-41-43-30-29-42(47(43,7)34-32-44(41)46)38(5)26-25-37(4)36(2)3/h27,36,38,40-44H,4,8-26,28-35H2,1-3,5-7H3/t38-,40+,41?,42-,43?,44?,46+,47-/m1/s1. The first-order valence-electron chi connectivity index (χ1n) is 22.2. The molecule has 2 heteroatoms. The van der Waals surface area contributed by atoms with Gasteiger partial charge in [0.1, 0.15) is 6.10 Å². The molecule has 0 spiro atoms. The molecule has 2 nitrogen and oxygen atoms in total. The van der Waals surface area contributed by atoms with Crippen LogP contribution in [-0.2, 0) is 9.53 Å². The summed E-state index contributed by atoms with van der Waals surface area (Å²) in [6, 6.07) is 0. The van der Waals surface area contributed by atoms with Crippen molar-refractivity contribution in [2.24, 2.45) is 46.3 Å². The molecular weight excluding hydrogens is 597 g/mol. The van der Waals surface area contributed by atoms with Crippen LogP contribution in [0.4, 0.5) is 0 Å². The Labute approximate surface area is 305 Å². The molecule has 282 valence electrons. The van der Waals surface area contributed by atoms with E-state index in [4.69, 9.17) is 4.74 Å². The number of hydrogen-bond donors (Lipinski definition) is 0. The summed E-state index contributed by atoms with van der Waals surface area (Å²) >= 11 is 0. The molecule has 3 fully saturated rings. The van der Waals surface area contributed by atoms with Crippen LogP contribution in [0.2, 0.25) is 0 Å². The predicted molar refractivity (Wildman–Crippen MR) is 212 cm³/mol. The molecule has 0 N–H and O–H groups in total. The van der Waals surface area contributed by atoms with Crippen LogP contribution in [0.15, 0.2) is 23.8 Å². The Morgan fingerprint density at radius 3 is 1.96 bits per heavy atom. The van der Waals surface area contributed by atoms with Crippen molar-refractivity contribution >= 4 is 5.97 Å². The predicted octanol–water partition coefficient (Wildman–Crippen LogP) is 14.8. The number of unbranched alkanes of at least 4 members (excludes halogenated alkanes) is 15. The summed E-state index contributed by atoms with van der Waals surface area (Å²) in [4.78, 5) is 12.8. The Kier molecular flexibility index (Phi) is 16.8. The first kappa shape index (κ1) is 40.7. The monoisotopic (exact) mass is 679 g/mol. The molecule has 0 saturated heterocycles. The first-order valence-corrected chi connectivity index (χ1v) is 22.2. The van der Waals surface area contributed by atoms with Gasteiger partial charge in [-0.15, -0.1) is 0 Å². The van der Waals surface area contributed by atoms with E-state index < -0.39 is 0 Å². The van der Waals surface area contributed by atoms with Gasteiger partial charge in [0.15, 0.2) is 0 Å². The molecule has 3 unspecified atom stereocenters. The number of ether oxygens (including phenoxy) is 1. The van der Waals surface area contributed by atoms with E-state index in [1.807, 2.05) is 0 Å². The fraction of sp³-hybridized carbons (Fsp3) is 0.894. The molecular formula is C47H82O2. The van der Waals surface area contributed by atoms with Crippen molar-refractivity contribution in [1.29, 1.82) is 0 Å². The molecule has 4 aliphatic carbocycles. The van der Waals surface area contributed by atoms with E-state index in [9.17, 15) is 4.79 Å². The zero-order chi connectivity index (χ0) is 35.3. The van der Waals surface area contributed by atoms with Crippen LogP contribution in [0.5, 0.6) is 0 Å². The number of esters is 1. The lowest BCUT2D eigenvalue weighted by Crippen LogP contribution is -2.51. The number of fused-ring (bicyclic) bond motifs is 5. The molecule has 0 aromatic carbocycles. The van der Waals surface area contributed by atoms with Crippen LogP contribution < -0.4 is 0 Å². The number of carbonyl (C=O) groups is 1. The summed E-state index contributed by atoms with van der Waals surface area (Å²) in [5, 5.41) is 0. The van der Waals surface area contributed by atoms with Gasteiger partial charge in [0, 0.05) is 12.8 Å². The molecule has 0 bridgehead atoms. The Hall–Kier alpha value is -1.05. The average molecular weight is 679 g/mol. The van der Waals surface area contributed by atoms with Crippen LogP contribution in [0.3, 0.4) is 0 Å². The van der Waals surface area contributed by atoms with Crippen LogP contribution in [0, 0.1) is 46.3 Å². The van der Waals surface area contributed by atoms with Gasteiger partial charge in [-0.25, -0.2) is 0 Å². The number of allylic oxidation sites excluding steroid dienone is 2. The molecule has 3 saturated carbocycles. The van der Waals surface area contributed by atoms with Gasteiger partial charge in [0.05, 0.1) is 0 Å². The zero-order valence-electron chi connectivity index (χ0n) is 33.7. The summed E-state index contributed by atoms with van der Waals surface area (Å²) in [6.45, 7) is 19.1. The molecule has 49 heavy (non-hydrogen) atoms. The van der Waals surface area contributed by atoms with Gasteiger partial charge in [-0.2, -0.15) is 0 Å². The quantitative estimate of drug-likeness (QED) is 0.0611. The Balaban J connectivity index is 1.10. The lowest BCUT2D eigenvalue weighted by atomic mass is 9.47. The van der Waals surface area contributed by atoms with Gasteiger partial charge in [0.2, 0.25) is 0 Å². The van der Waals surface area contributed by atoms with Gasteiger partial charge >= 0.3 is 5.97 Å². The molecule has 4 rings (SSSR count). The molecule has 0 heterocycles. The molecule has 0 radical (unpaired) electrons. The minimum Gasteiger partial charge on any atom is -0.462 e. The van der Waals surface area contributed by atoms with E-state index in [1.165, 1.54) is 153 Å². The molecule has 0 amide bonds. The van der Waals surface area contributed by atoms with Crippen LogP contribution >= 0.6 is 0 Å². The van der Waals surface area contributed by atoms with Crippen molar-refractivity contribution < 1.29 is 9.53 Å². The smallest absolute Gasteiger partial charge is 0.306 e. The highest BCUT2D eigenvalue weighted by Crippen LogP contribution is 2.67. The SMILES string of the molecule is C=C(CC[C@@H](C)[C@H]1CCC2C3CC=C4C[C@@H](OC(=O)CCCCCCCCCCCCCCCCCC)CC[C@]4(C)C3CC[C@@]21C)C(C)C. The highest BCUT2D eigenvalue weighted by Gasteiger charge is 2.59. The van der Waals surface area contributed by atoms with E-state index >= 15 is 0 Å². The maximum absolute atomic E-state index is 12.8. The highest BCUT2D eigenvalue weighted by molar-refractivity contribution is 5.69. The van der Waals surface area contributed by atoms with E-state index in [0.717, 1.165) is 48.9 Å². The second kappa shape index (κ2) is 20.3. The van der Waals surface area contributed by atoms with Crippen molar-refractivity contribution in [2.45, 2.75) is 221 Å². The summed E-state index contributed by atoms with van der Waals surface area (Å²) in [5.74, 6) is 4.91. The Bertz CT molecular complexity index is 1020. The largest absolute Gasteiger partial charge is 0.462 e. The first-order chi connectivity index (χ1) is 23.6. The highest BCUT2D eigenvalue weighted by atomic mass is 16.5. The molecule has 4 aliphatic rings. The van der Waals surface area contributed by atoms with Crippen molar-refractivity contribution in [3.8, 4) is 0 Å². The van der Waals surface area contributed by atoms with Gasteiger partial charge < -0.3 is 4.74 Å². The van der Waals surface area contributed by atoms with Crippen LogP contribution in [0.25, 0.3) is 0 Å². The Morgan fingerprint density at radius 1 is 0.776 bits per heavy atom. The van der Waals surface area contributed by atoms with Gasteiger partial charge in [-0.1, -0.05) is 162 Å². The maximum Gasteiger partial charge on any atom is 0.306 e. The minimum atomic E-state index is 0.0600. The van der Waals surface area contributed by atoms with Gasteiger partial charge in [0.25, 0.3) is 0 Å². The van der Waals surface area contributed by atoms with E-state index in [0.29, 0.717) is 23.2 Å². The zero-order valence-corrected chi connectivity index (χ0v) is 33.7. The summed E-state index contributed by atoms with van der Waals surface area (Å²) in [5.41, 5.74) is 3.91. The lowest BCUT2D eigenvalue weighted by Gasteiger charge is -2.58. The lowest BCUT2D eigenvalue weighted by molar-refractivity contribution is -0.151. The third-order valence-corrected chi connectivity index (χ3v) is 15.1. The molecule has 8 atom stereocenters. The van der Waals surface area contributed by atoms with E-state index in [-0.39, 0.29) is 12.1 Å². The number of rotatable bonds is 23. The topological polar surface area (TPSA) is 26.3 Å². The van der Waals surface area contributed by atoms with Crippen molar-refractivity contribution in [1.82, 2.24) is 0 Å². The van der Waals surface area contributed by atoms with Crippen molar-refractivity contribution in [3.05, 3.63) is 23.8 Å². The second-order valence-electron chi connectivity index (χ2n) is 18.7. The summed E-state index contributed by atoms with van der Waals surface area (Å²) in [6.07, 6.45) is 37.9. The van der Waals surface area contributed by atoms with Crippen LogP contribution in [0.1, 0.15) is 215 Å². The maximum atomic E-state index is 12.8. The number of hydrogen-bond acceptors (Lipinski definition) is 2. The molecule has 0 aliphatic heterocycles. The minimum absolute atomic E-state index is 0.0600. The van der Waals surface area contributed by atoms with E-state index in [2.05, 4.69) is 54.2 Å². The van der Waals surface area contributed by atoms with Gasteiger partial charge in [-0.05, 0) is 111 Å². The third-order valence-electron chi connectivity index (χ3n) is 15.1. The second-order valence-corrected chi connectivity index (χ2v) is 18.7. The molecule has 0 aromatic rings. The fourth-order valence-corrected chi connectivity index (χ4v) is 11.7. The van der Waals surface area contributed by atoms with E-state index in [1.54, 1.807) is 5.57 Å². The van der Waals surface area contributed by atoms with Crippen molar-refractivity contribution in [2.75, 3.05) is 0 Å².